The highest BCUT2D eigenvalue weighted by molar-refractivity contribution is 6.34. The molecule has 2 aromatic heterocycles. The predicted octanol–water partition coefficient (Wildman–Crippen LogP) is 4.73. The van der Waals surface area contributed by atoms with Crippen molar-refractivity contribution < 1.29 is 0 Å². The lowest BCUT2D eigenvalue weighted by molar-refractivity contribution is 0.586. The van der Waals surface area contributed by atoms with Crippen molar-refractivity contribution in [1.82, 2.24) is 20.3 Å². The van der Waals surface area contributed by atoms with Crippen LogP contribution in [-0.4, -0.2) is 47.2 Å². The number of piperazine rings is 1. The Labute approximate surface area is 186 Å². The average Bonchev–Trinajstić information content (AvgIpc) is 2.78. The van der Waals surface area contributed by atoms with Crippen molar-refractivity contribution in [3.05, 3.63) is 53.9 Å². The Morgan fingerprint density at radius 1 is 1.00 bits per heavy atom. The fraction of sp³-hybridized carbons (Fsp3) is 0.292. The van der Waals surface area contributed by atoms with Gasteiger partial charge in [0.1, 0.15) is 18.0 Å². The van der Waals surface area contributed by atoms with Gasteiger partial charge in [-0.1, -0.05) is 29.8 Å². The van der Waals surface area contributed by atoms with Gasteiger partial charge in [-0.05, 0) is 43.0 Å². The van der Waals surface area contributed by atoms with E-state index in [0.717, 1.165) is 70.6 Å². The molecule has 1 fully saturated rings. The first-order valence-corrected chi connectivity index (χ1v) is 11.0. The number of hydrogen-bond acceptors (Lipinski definition) is 6. The van der Waals surface area contributed by atoms with Gasteiger partial charge in [0.25, 0.3) is 0 Å². The zero-order chi connectivity index (χ0) is 21.4. The molecule has 158 valence electrons. The Kier molecular flexibility index (Phi) is 5.34. The monoisotopic (exact) mass is 432 g/mol. The second-order valence-electron chi connectivity index (χ2n) is 8.18. The summed E-state index contributed by atoms with van der Waals surface area (Å²) < 4.78 is 0. The van der Waals surface area contributed by atoms with E-state index in [1.807, 2.05) is 12.3 Å². The van der Waals surface area contributed by atoms with Gasteiger partial charge in [-0.15, -0.1) is 0 Å². The Hall–Kier alpha value is -2.96. The minimum atomic E-state index is 0.327. The van der Waals surface area contributed by atoms with E-state index in [0.29, 0.717) is 11.1 Å². The molecule has 0 unspecified atom stereocenters. The van der Waals surface area contributed by atoms with Crippen LogP contribution in [0.15, 0.2) is 48.9 Å². The molecule has 1 aliphatic heterocycles. The van der Waals surface area contributed by atoms with Crippen LogP contribution in [0.2, 0.25) is 5.02 Å². The third kappa shape index (κ3) is 3.89. The quantitative estimate of drug-likeness (QED) is 0.486. The summed E-state index contributed by atoms with van der Waals surface area (Å²) in [5, 5.41) is 10.6. The third-order valence-corrected chi connectivity index (χ3v) is 5.92. The van der Waals surface area contributed by atoms with Crippen molar-refractivity contribution in [2.24, 2.45) is 0 Å². The van der Waals surface area contributed by atoms with Gasteiger partial charge in [-0.2, -0.15) is 0 Å². The first kappa shape index (κ1) is 20.0. The number of hydrogen-bond donors (Lipinski definition) is 2. The van der Waals surface area contributed by atoms with Gasteiger partial charge in [-0.3, -0.25) is 0 Å². The second kappa shape index (κ2) is 8.29. The van der Waals surface area contributed by atoms with Gasteiger partial charge in [-0.25, -0.2) is 15.0 Å². The highest BCUT2D eigenvalue weighted by atomic mass is 35.5. The lowest BCUT2D eigenvalue weighted by atomic mass is 9.98. The lowest BCUT2D eigenvalue weighted by Crippen LogP contribution is -2.44. The van der Waals surface area contributed by atoms with E-state index in [1.165, 1.54) is 0 Å². The molecule has 0 saturated carbocycles. The predicted molar refractivity (Wildman–Crippen MR) is 129 cm³/mol. The number of aromatic nitrogens is 3. The first-order chi connectivity index (χ1) is 15.1. The molecule has 0 aliphatic carbocycles. The summed E-state index contributed by atoms with van der Waals surface area (Å²) >= 11 is 6.83. The molecule has 0 bridgehead atoms. The van der Waals surface area contributed by atoms with Crippen molar-refractivity contribution in [3.63, 3.8) is 0 Å². The van der Waals surface area contributed by atoms with Crippen molar-refractivity contribution in [2.75, 3.05) is 36.4 Å². The molecule has 6 nitrogen and oxygen atoms in total. The molecule has 0 amide bonds. The molecule has 1 saturated heterocycles. The fourth-order valence-corrected chi connectivity index (χ4v) is 4.44. The fourth-order valence-electron chi connectivity index (χ4n) is 4.18. The Morgan fingerprint density at radius 3 is 2.65 bits per heavy atom. The number of benzene rings is 2. The van der Waals surface area contributed by atoms with Gasteiger partial charge in [0.15, 0.2) is 0 Å². The van der Waals surface area contributed by atoms with Crippen LogP contribution < -0.4 is 15.5 Å². The van der Waals surface area contributed by atoms with Crippen molar-refractivity contribution in [2.45, 2.75) is 19.9 Å². The van der Waals surface area contributed by atoms with Gasteiger partial charge < -0.3 is 15.5 Å². The summed E-state index contributed by atoms with van der Waals surface area (Å²) in [6.45, 7) is 7.96. The summed E-state index contributed by atoms with van der Waals surface area (Å²) in [4.78, 5) is 16.0. The molecule has 0 radical (unpaired) electrons. The van der Waals surface area contributed by atoms with Gasteiger partial charge >= 0.3 is 0 Å². The third-order valence-electron chi connectivity index (χ3n) is 5.61. The normalized spacial score (nSPS) is 14.5. The topological polar surface area (TPSA) is 66.0 Å². The number of pyridine rings is 1. The number of nitrogens with one attached hydrogen (secondary N) is 2. The van der Waals surface area contributed by atoms with Crippen LogP contribution in [0.3, 0.4) is 0 Å². The number of halogens is 1. The van der Waals surface area contributed by atoms with E-state index in [2.05, 4.69) is 74.7 Å². The number of rotatable bonds is 4. The molecule has 2 aromatic carbocycles. The first-order valence-electron chi connectivity index (χ1n) is 10.7. The Balaban J connectivity index is 1.62. The molecule has 3 heterocycles. The van der Waals surface area contributed by atoms with Crippen LogP contribution >= 0.6 is 11.6 Å². The van der Waals surface area contributed by atoms with Crippen LogP contribution in [0, 0.1) is 0 Å². The van der Waals surface area contributed by atoms with Crippen LogP contribution in [0.4, 0.5) is 11.6 Å². The minimum absolute atomic E-state index is 0.327. The van der Waals surface area contributed by atoms with Gasteiger partial charge in [0.05, 0.1) is 5.52 Å². The van der Waals surface area contributed by atoms with Crippen LogP contribution in [0.5, 0.6) is 0 Å². The lowest BCUT2D eigenvalue weighted by Gasteiger charge is -2.29. The maximum atomic E-state index is 6.83. The summed E-state index contributed by atoms with van der Waals surface area (Å²) in [6.07, 6.45) is 3.56. The standard InChI is InChI=1S/C24H25ClN6/c1-15(2)30-23-10-16-4-3-5-17(20(16)13-27-23)18-12-22-19(11-21(18)25)24(29-14-28-22)31-8-6-26-7-9-31/h3-5,10-15,26H,6-9H2,1-2H3,(H,27,30). The van der Waals surface area contributed by atoms with Crippen LogP contribution in [0.1, 0.15) is 13.8 Å². The zero-order valence-electron chi connectivity index (χ0n) is 17.7. The number of fused-ring (bicyclic) bond motifs is 2. The van der Waals surface area contributed by atoms with E-state index in [4.69, 9.17) is 11.6 Å². The van der Waals surface area contributed by atoms with E-state index >= 15 is 0 Å². The maximum Gasteiger partial charge on any atom is 0.140 e. The molecule has 7 heteroatoms. The zero-order valence-corrected chi connectivity index (χ0v) is 18.4. The number of nitrogens with zero attached hydrogens (tertiary/aromatic N) is 4. The molecule has 31 heavy (non-hydrogen) atoms. The summed E-state index contributed by atoms with van der Waals surface area (Å²) in [5.41, 5.74) is 2.90. The molecule has 4 aromatic rings. The summed E-state index contributed by atoms with van der Waals surface area (Å²) in [7, 11) is 0. The molecule has 2 N–H and O–H groups in total. The van der Waals surface area contributed by atoms with Gasteiger partial charge in [0, 0.05) is 59.8 Å². The average molecular weight is 433 g/mol. The van der Waals surface area contributed by atoms with Gasteiger partial charge in [0.2, 0.25) is 0 Å². The second-order valence-corrected chi connectivity index (χ2v) is 8.59. The Bertz CT molecular complexity index is 1250. The smallest absolute Gasteiger partial charge is 0.140 e. The van der Waals surface area contributed by atoms with Crippen molar-refractivity contribution in [1.29, 1.82) is 0 Å². The SMILES string of the molecule is CC(C)Nc1cc2cccc(-c3cc4ncnc(N5CCNCC5)c4cc3Cl)c2cn1. The van der Waals surface area contributed by atoms with E-state index in [-0.39, 0.29) is 0 Å². The van der Waals surface area contributed by atoms with Crippen LogP contribution in [0.25, 0.3) is 32.8 Å². The Morgan fingerprint density at radius 2 is 1.84 bits per heavy atom. The summed E-state index contributed by atoms with van der Waals surface area (Å²) in [6, 6.07) is 12.7. The maximum absolute atomic E-state index is 6.83. The van der Waals surface area contributed by atoms with E-state index in [1.54, 1.807) is 6.33 Å². The summed E-state index contributed by atoms with van der Waals surface area (Å²) in [5.74, 6) is 1.82. The highest BCUT2D eigenvalue weighted by Gasteiger charge is 2.17. The minimum Gasteiger partial charge on any atom is -0.368 e. The van der Waals surface area contributed by atoms with Crippen molar-refractivity contribution >= 4 is 44.9 Å². The molecule has 1 aliphatic rings. The molecular weight excluding hydrogens is 408 g/mol. The van der Waals surface area contributed by atoms with Crippen LogP contribution in [-0.2, 0) is 0 Å². The molecule has 5 rings (SSSR count). The largest absolute Gasteiger partial charge is 0.368 e. The van der Waals surface area contributed by atoms with E-state index in [9.17, 15) is 0 Å². The highest BCUT2D eigenvalue weighted by Crippen LogP contribution is 2.37. The molecule has 0 atom stereocenters. The molecule has 0 spiro atoms. The van der Waals surface area contributed by atoms with Crippen molar-refractivity contribution in [3.8, 4) is 11.1 Å². The molecular formula is C24H25ClN6. The van der Waals surface area contributed by atoms with E-state index < -0.39 is 0 Å². The number of anilines is 2.